The van der Waals surface area contributed by atoms with Crippen molar-refractivity contribution in [3.63, 3.8) is 0 Å². The highest BCUT2D eigenvalue weighted by molar-refractivity contribution is 5.90. The summed E-state index contributed by atoms with van der Waals surface area (Å²) < 4.78 is 0. The smallest absolute Gasteiger partial charge is 0.245 e. The van der Waals surface area contributed by atoms with E-state index in [0.29, 0.717) is 19.4 Å². The normalized spacial score (nSPS) is 24.6. The van der Waals surface area contributed by atoms with Crippen LogP contribution < -0.4 is 5.32 Å². The third-order valence-electron chi connectivity index (χ3n) is 3.20. The van der Waals surface area contributed by atoms with Crippen LogP contribution in [-0.2, 0) is 9.59 Å². The molecule has 1 rings (SSSR count). The molecule has 0 saturated carbocycles. The van der Waals surface area contributed by atoms with Crippen LogP contribution in [0.5, 0.6) is 0 Å². The van der Waals surface area contributed by atoms with Crippen LogP contribution in [0.3, 0.4) is 0 Å². The predicted octanol–water partition coefficient (Wildman–Crippen LogP) is 1.86. The first kappa shape index (κ1) is 14.7. The summed E-state index contributed by atoms with van der Waals surface area (Å²) >= 11 is 0. The minimum absolute atomic E-state index is 0.0194. The summed E-state index contributed by atoms with van der Waals surface area (Å²) in [4.78, 5) is 25.9. The van der Waals surface area contributed by atoms with Gasteiger partial charge in [-0.2, -0.15) is 0 Å². The van der Waals surface area contributed by atoms with Crippen LogP contribution in [0.25, 0.3) is 0 Å². The van der Waals surface area contributed by atoms with Gasteiger partial charge < -0.3 is 10.2 Å². The second-order valence-corrected chi connectivity index (χ2v) is 5.23. The number of hydrogen-bond donors (Lipinski definition) is 1. The van der Waals surface area contributed by atoms with Crippen molar-refractivity contribution < 1.29 is 9.59 Å². The highest BCUT2D eigenvalue weighted by Gasteiger charge is 2.32. The summed E-state index contributed by atoms with van der Waals surface area (Å²) in [6.45, 7) is 8.58. The van der Waals surface area contributed by atoms with Crippen molar-refractivity contribution in [3.8, 4) is 0 Å². The van der Waals surface area contributed by atoms with E-state index in [1.54, 1.807) is 0 Å². The largest absolute Gasteiger partial charge is 0.344 e. The van der Waals surface area contributed by atoms with E-state index in [2.05, 4.69) is 5.32 Å². The summed E-state index contributed by atoms with van der Waals surface area (Å²) in [5.41, 5.74) is 1.19. The molecule has 2 unspecified atom stereocenters. The molecular weight excluding hydrogens is 228 g/mol. The molecule has 2 amide bonds. The van der Waals surface area contributed by atoms with E-state index in [9.17, 15) is 9.59 Å². The van der Waals surface area contributed by atoms with E-state index in [1.165, 1.54) is 5.57 Å². The Bertz CT molecular complexity index is 346. The fourth-order valence-electron chi connectivity index (χ4n) is 2.15. The van der Waals surface area contributed by atoms with Gasteiger partial charge in [0.1, 0.15) is 6.04 Å². The Morgan fingerprint density at radius 1 is 1.44 bits per heavy atom. The molecule has 1 heterocycles. The average Bonchev–Trinajstić information content (AvgIpc) is 2.36. The highest BCUT2D eigenvalue weighted by Crippen LogP contribution is 2.14. The Labute approximate surface area is 109 Å². The number of nitrogens with one attached hydrogen (secondary N) is 1. The Morgan fingerprint density at radius 2 is 2.11 bits per heavy atom. The van der Waals surface area contributed by atoms with Crippen molar-refractivity contribution in [1.29, 1.82) is 0 Å². The highest BCUT2D eigenvalue weighted by atomic mass is 16.2. The van der Waals surface area contributed by atoms with E-state index in [4.69, 9.17) is 0 Å². The second-order valence-electron chi connectivity index (χ2n) is 5.23. The van der Waals surface area contributed by atoms with Gasteiger partial charge in [-0.25, -0.2) is 0 Å². The number of hydrogen-bond acceptors (Lipinski definition) is 2. The maximum Gasteiger partial charge on any atom is 0.245 e. The second kappa shape index (κ2) is 6.57. The summed E-state index contributed by atoms with van der Waals surface area (Å²) in [5.74, 6) is 0.0294. The SMILES string of the molecule is CCCC1NC(=O)CC(C)N(CC=C(C)C)C1=O. The summed E-state index contributed by atoms with van der Waals surface area (Å²) in [7, 11) is 0. The van der Waals surface area contributed by atoms with Gasteiger partial charge in [-0.15, -0.1) is 0 Å². The van der Waals surface area contributed by atoms with E-state index in [0.717, 1.165) is 6.42 Å². The molecule has 4 nitrogen and oxygen atoms in total. The molecule has 1 N–H and O–H groups in total. The van der Waals surface area contributed by atoms with Crippen molar-refractivity contribution in [2.75, 3.05) is 6.54 Å². The number of carbonyl (C=O) groups is 2. The van der Waals surface area contributed by atoms with Crippen LogP contribution >= 0.6 is 0 Å². The molecule has 1 aliphatic heterocycles. The maximum atomic E-state index is 12.4. The molecule has 0 aromatic carbocycles. The summed E-state index contributed by atoms with van der Waals surface area (Å²) in [5, 5.41) is 2.83. The number of rotatable bonds is 4. The Balaban J connectivity index is 2.86. The van der Waals surface area contributed by atoms with Gasteiger partial charge in [0, 0.05) is 19.0 Å². The summed E-state index contributed by atoms with van der Waals surface area (Å²) in [6.07, 6.45) is 4.03. The number of allylic oxidation sites excluding steroid dienone is 1. The molecule has 0 spiro atoms. The van der Waals surface area contributed by atoms with Gasteiger partial charge in [-0.1, -0.05) is 25.0 Å². The lowest BCUT2D eigenvalue weighted by molar-refractivity contribution is -0.134. The molecule has 1 aliphatic rings. The van der Waals surface area contributed by atoms with Crippen LogP contribution in [0.1, 0.15) is 47.0 Å². The van der Waals surface area contributed by atoms with E-state index < -0.39 is 0 Å². The zero-order chi connectivity index (χ0) is 13.7. The zero-order valence-electron chi connectivity index (χ0n) is 11.8. The lowest BCUT2D eigenvalue weighted by Gasteiger charge is -2.27. The molecule has 0 radical (unpaired) electrons. The van der Waals surface area contributed by atoms with Crippen LogP contribution in [0.4, 0.5) is 0 Å². The molecule has 2 atom stereocenters. The van der Waals surface area contributed by atoms with Crippen molar-refractivity contribution in [2.24, 2.45) is 0 Å². The molecule has 0 aromatic heterocycles. The average molecular weight is 252 g/mol. The standard InChI is InChI=1S/C14H24N2O2/c1-5-6-12-14(18)16(8-7-10(2)3)11(4)9-13(17)15-12/h7,11-12H,5-6,8-9H2,1-4H3,(H,15,17). The molecular formula is C14H24N2O2. The third kappa shape index (κ3) is 3.86. The first-order chi connectivity index (χ1) is 8.45. The van der Waals surface area contributed by atoms with Gasteiger partial charge in [0.05, 0.1) is 0 Å². The molecule has 1 fully saturated rings. The van der Waals surface area contributed by atoms with Gasteiger partial charge in [0.15, 0.2) is 0 Å². The van der Waals surface area contributed by atoms with Gasteiger partial charge in [0.25, 0.3) is 0 Å². The first-order valence-corrected chi connectivity index (χ1v) is 6.69. The molecule has 0 bridgehead atoms. The topological polar surface area (TPSA) is 49.4 Å². The minimum Gasteiger partial charge on any atom is -0.344 e. The molecule has 102 valence electrons. The monoisotopic (exact) mass is 252 g/mol. The Morgan fingerprint density at radius 3 is 2.67 bits per heavy atom. The Hall–Kier alpha value is -1.32. The Kier molecular flexibility index (Phi) is 5.38. The summed E-state index contributed by atoms with van der Waals surface area (Å²) in [6, 6.07) is -0.382. The molecule has 1 saturated heterocycles. The van der Waals surface area contributed by atoms with Gasteiger partial charge in [0.2, 0.25) is 11.8 Å². The van der Waals surface area contributed by atoms with E-state index in [-0.39, 0.29) is 23.9 Å². The lowest BCUT2D eigenvalue weighted by atomic mass is 10.1. The zero-order valence-corrected chi connectivity index (χ0v) is 11.8. The van der Waals surface area contributed by atoms with E-state index >= 15 is 0 Å². The van der Waals surface area contributed by atoms with Crippen molar-refractivity contribution in [2.45, 2.75) is 59.0 Å². The molecule has 0 aromatic rings. The van der Waals surface area contributed by atoms with Crippen LogP contribution in [0.2, 0.25) is 0 Å². The predicted molar refractivity (Wildman–Crippen MR) is 72.1 cm³/mol. The number of carbonyl (C=O) groups excluding carboxylic acids is 2. The van der Waals surface area contributed by atoms with Crippen LogP contribution in [0, 0.1) is 0 Å². The number of amides is 2. The third-order valence-corrected chi connectivity index (χ3v) is 3.20. The van der Waals surface area contributed by atoms with Crippen molar-refractivity contribution in [1.82, 2.24) is 10.2 Å². The first-order valence-electron chi connectivity index (χ1n) is 6.69. The fraction of sp³-hybridized carbons (Fsp3) is 0.714. The van der Waals surface area contributed by atoms with Crippen LogP contribution in [-0.4, -0.2) is 35.3 Å². The maximum absolute atomic E-state index is 12.4. The van der Waals surface area contributed by atoms with Crippen molar-refractivity contribution >= 4 is 11.8 Å². The molecule has 0 aliphatic carbocycles. The lowest BCUT2D eigenvalue weighted by Crippen LogP contribution is -2.46. The van der Waals surface area contributed by atoms with Crippen molar-refractivity contribution in [3.05, 3.63) is 11.6 Å². The minimum atomic E-state index is -0.349. The quantitative estimate of drug-likeness (QED) is 0.776. The molecule has 4 heteroatoms. The van der Waals surface area contributed by atoms with Gasteiger partial charge in [-0.05, 0) is 27.2 Å². The molecule has 18 heavy (non-hydrogen) atoms. The number of nitrogens with zero attached hydrogens (tertiary/aromatic N) is 1. The van der Waals surface area contributed by atoms with E-state index in [1.807, 2.05) is 38.7 Å². The van der Waals surface area contributed by atoms with Crippen LogP contribution in [0.15, 0.2) is 11.6 Å². The van der Waals surface area contributed by atoms with Gasteiger partial charge >= 0.3 is 0 Å². The fourth-order valence-corrected chi connectivity index (χ4v) is 2.15. The van der Waals surface area contributed by atoms with Gasteiger partial charge in [-0.3, -0.25) is 9.59 Å².